The second-order valence-corrected chi connectivity index (χ2v) is 11.1. The number of ether oxygens (including phenoxy) is 2. The third-order valence-corrected chi connectivity index (χ3v) is 7.57. The maximum atomic E-state index is 13.7. The van der Waals surface area contributed by atoms with E-state index in [9.17, 15) is 14.9 Å². The average Bonchev–Trinajstić information content (AvgIpc) is 3.45. The molecule has 2 heterocycles. The number of nitrogens with zero attached hydrogens (tertiary/aromatic N) is 4. The molecule has 0 spiro atoms. The molecule has 43 heavy (non-hydrogen) atoms. The number of benzene rings is 4. The van der Waals surface area contributed by atoms with Crippen molar-refractivity contribution in [1.82, 2.24) is 9.66 Å². The zero-order chi connectivity index (χ0) is 30.1. The number of nitro groups is 1. The molecule has 0 fully saturated rings. The highest BCUT2D eigenvalue weighted by atomic mass is 79.9. The Hall–Kier alpha value is -4.81. The minimum absolute atomic E-state index is 0.00307. The van der Waals surface area contributed by atoms with Crippen LogP contribution in [0.4, 0.5) is 5.69 Å². The van der Waals surface area contributed by atoms with Gasteiger partial charge in [0.25, 0.3) is 5.56 Å². The number of aromatic nitrogens is 2. The summed E-state index contributed by atoms with van der Waals surface area (Å²) < 4.78 is 20.0. The molecule has 214 valence electrons. The number of halogens is 2. The Labute approximate surface area is 260 Å². The van der Waals surface area contributed by atoms with Crippen molar-refractivity contribution in [3.05, 3.63) is 125 Å². The van der Waals surface area contributed by atoms with Gasteiger partial charge >= 0.3 is 5.69 Å². The van der Waals surface area contributed by atoms with E-state index in [1.165, 1.54) is 12.3 Å². The lowest BCUT2D eigenvalue weighted by Gasteiger charge is -2.11. The molecule has 0 unspecified atom stereocenters. The van der Waals surface area contributed by atoms with Crippen LogP contribution in [0.2, 0.25) is 0 Å². The third kappa shape index (κ3) is 5.66. The number of hydrogen-bond acceptors (Lipinski definition) is 8. The van der Waals surface area contributed by atoms with Crippen molar-refractivity contribution in [3.63, 3.8) is 0 Å². The third-order valence-electron chi connectivity index (χ3n) is 6.58. The molecule has 0 aliphatic rings. The van der Waals surface area contributed by atoms with Gasteiger partial charge in [0.1, 0.15) is 17.9 Å². The van der Waals surface area contributed by atoms with Gasteiger partial charge in [-0.1, -0.05) is 62.2 Å². The van der Waals surface area contributed by atoms with Gasteiger partial charge in [-0.2, -0.15) is 9.78 Å². The fourth-order valence-electron chi connectivity index (χ4n) is 4.56. The summed E-state index contributed by atoms with van der Waals surface area (Å²) in [6.45, 7) is 0.0696. The smallest absolute Gasteiger partial charge is 0.312 e. The molecule has 0 atom stereocenters. The van der Waals surface area contributed by atoms with Crippen LogP contribution in [0.3, 0.4) is 0 Å². The Morgan fingerprint density at radius 3 is 2.56 bits per heavy atom. The van der Waals surface area contributed by atoms with E-state index in [1.54, 1.807) is 61.7 Å². The number of methoxy groups -OCH3 is 1. The summed E-state index contributed by atoms with van der Waals surface area (Å²) in [5, 5.41) is 17.5. The second kappa shape index (κ2) is 11.8. The molecule has 6 rings (SSSR count). The topological polar surface area (TPSA) is 122 Å². The summed E-state index contributed by atoms with van der Waals surface area (Å²) in [7, 11) is 1.56. The molecule has 0 radical (unpaired) electrons. The van der Waals surface area contributed by atoms with E-state index in [1.807, 2.05) is 24.3 Å². The van der Waals surface area contributed by atoms with Crippen LogP contribution < -0.4 is 15.0 Å². The van der Waals surface area contributed by atoms with Gasteiger partial charge in [-0.05, 0) is 54.1 Å². The molecule has 0 saturated heterocycles. The first kappa shape index (κ1) is 28.3. The monoisotopic (exact) mass is 702 g/mol. The zero-order valence-electron chi connectivity index (χ0n) is 22.4. The summed E-state index contributed by atoms with van der Waals surface area (Å²) in [5.41, 5.74) is 1.36. The molecule has 10 nitrogen and oxygen atoms in total. The zero-order valence-corrected chi connectivity index (χ0v) is 25.5. The number of nitro benzene ring substituents is 1. The summed E-state index contributed by atoms with van der Waals surface area (Å²) >= 11 is 6.74. The molecule has 12 heteroatoms. The number of para-hydroxylation sites is 1. The van der Waals surface area contributed by atoms with Crippen molar-refractivity contribution in [2.75, 3.05) is 7.11 Å². The first-order valence-electron chi connectivity index (χ1n) is 12.8. The van der Waals surface area contributed by atoms with Crippen LogP contribution in [0, 0.1) is 10.1 Å². The van der Waals surface area contributed by atoms with Crippen LogP contribution in [0.5, 0.6) is 11.5 Å². The molecule has 0 amide bonds. The largest absolute Gasteiger partial charge is 0.496 e. The first-order valence-corrected chi connectivity index (χ1v) is 14.4. The highest BCUT2D eigenvalue weighted by Crippen LogP contribution is 2.35. The lowest BCUT2D eigenvalue weighted by atomic mass is 10.2. The van der Waals surface area contributed by atoms with Crippen LogP contribution in [0.1, 0.15) is 11.1 Å². The minimum atomic E-state index is -0.532. The molecular weight excluding hydrogens is 684 g/mol. The number of hydrogen-bond donors (Lipinski definition) is 0. The summed E-state index contributed by atoms with van der Waals surface area (Å²) in [6.07, 6.45) is 1.33. The maximum Gasteiger partial charge on any atom is 0.312 e. The van der Waals surface area contributed by atoms with E-state index >= 15 is 0 Å². The standard InChI is InChI=1S/C31H20Br2N4O6/c1-41-26-7-4-8-27-23(26)15-28(43-27)30-35-24-6-3-2-5-22(24)31(38)36(30)34-16-19-13-21(33)14-25(37(39)40)29(19)42-17-18-9-11-20(32)12-10-18/h2-16H,17H2,1H3. The van der Waals surface area contributed by atoms with Gasteiger partial charge in [0.05, 0.1) is 34.5 Å². The summed E-state index contributed by atoms with van der Waals surface area (Å²) in [6, 6.07) is 24.4. The molecule has 6 aromatic rings. The predicted molar refractivity (Wildman–Crippen MR) is 170 cm³/mol. The van der Waals surface area contributed by atoms with E-state index in [0.29, 0.717) is 32.1 Å². The molecule has 0 N–H and O–H groups in total. The molecule has 0 saturated carbocycles. The Bertz CT molecular complexity index is 2100. The van der Waals surface area contributed by atoms with Crippen molar-refractivity contribution < 1.29 is 18.8 Å². The van der Waals surface area contributed by atoms with Crippen molar-refractivity contribution >= 4 is 65.6 Å². The van der Waals surface area contributed by atoms with Crippen LogP contribution in [0.25, 0.3) is 33.5 Å². The van der Waals surface area contributed by atoms with E-state index in [2.05, 4.69) is 37.0 Å². The van der Waals surface area contributed by atoms with Gasteiger partial charge in [0, 0.05) is 20.6 Å². The molecule has 0 aliphatic heterocycles. The SMILES string of the molecule is COc1cccc2oc(-c3nc4ccccc4c(=O)n3N=Cc3cc(Br)cc([N+](=O)[O-])c3OCc3ccc(Br)cc3)cc12. The number of fused-ring (bicyclic) bond motifs is 2. The minimum Gasteiger partial charge on any atom is -0.496 e. The van der Waals surface area contributed by atoms with E-state index < -0.39 is 10.5 Å². The highest BCUT2D eigenvalue weighted by Gasteiger charge is 2.22. The fraction of sp³-hybridized carbons (Fsp3) is 0.0645. The van der Waals surface area contributed by atoms with Gasteiger partial charge in [0.2, 0.25) is 11.6 Å². The van der Waals surface area contributed by atoms with Crippen molar-refractivity contribution in [3.8, 4) is 23.1 Å². The lowest BCUT2D eigenvalue weighted by molar-refractivity contribution is -0.386. The molecule has 4 aromatic carbocycles. The van der Waals surface area contributed by atoms with Gasteiger partial charge in [-0.3, -0.25) is 14.9 Å². The van der Waals surface area contributed by atoms with Crippen molar-refractivity contribution in [1.29, 1.82) is 0 Å². The molecular formula is C31H20Br2N4O6. The van der Waals surface area contributed by atoms with Gasteiger partial charge < -0.3 is 13.9 Å². The van der Waals surface area contributed by atoms with Crippen molar-refractivity contribution in [2.24, 2.45) is 5.10 Å². The highest BCUT2D eigenvalue weighted by molar-refractivity contribution is 9.10. The fourth-order valence-corrected chi connectivity index (χ4v) is 5.29. The quantitative estimate of drug-likeness (QED) is 0.0904. The summed E-state index contributed by atoms with van der Waals surface area (Å²) in [5.74, 6) is 1.02. The van der Waals surface area contributed by atoms with Crippen LogP contribution in [-0.2, 0) is 6.61 Å². The number of furan rings is 1. The van der Waals surface area contributed by atoms with Gasteiger partial charge in [0.15, 0.2) is 5.76 Å². The number of rotatable bonds is 8. The van der Waals surface area contributed by atoms with E-state index in [0.717, 1.165) is 14.7 Å². The van der Waals surface area contributed by atoms with Crippen LogP contribution >= 0.6 is 31.9 Å². The lowest BCUT2D eigenvalue weighted by Crippen LogP contribution is -2.20. The molecule has 0 aliphatic carbocycles. The summed E-state index contributed by atoms with van der Waals surface area (Å²) in [4.78, 5) is 29.9. The predicted octanol–water partition coefficient (Wildman–Crippen LogP) is 7.71. The van der Waals surface area contributed by atoms with E-state index in [4.69, 9.17) is 18.9 Å². The average molecular weight is 704 g/mol. The normalized spacial score (nSPS) is 11.4. The van der Waals surface area contributed by atoms with Crippen LogP contribution in [0.15, 0.2) is 108 Å². The Kier molecular flexibility index (Phi) is 7.78. The van der Waals surface area contributed by atoms with Gasteiger partial charge in [-0.15, -0.1) is 0 Å². The first-order chi connectivity index (χ1) is 20.8. The second-order valence-electron chi connectivity index (χ2n) is 9.31. The Morgan fingerprint density at radius 2 is 1.79 bits per heavy atom. The molecule has 0 bridgehead atoms. The van der Waals surface area contributed by atoms with Crippen molar-refractivity contribution in [2.45, 2.75) is 6.61 Å². The van der Waals surface area contributed by atoms with Gasteiger partial charge in [-0.25, -0.2) is 4.98 Å². The maximum absolute atomic E-state index is 13.7. The Morgan fingerprint density at radius 1 is 1.00 bits per heavy atom. The Balaban J connectivity index is 1.50. The van der Waals surface area contributed by atoms with Crippen LogP contribution in [-0.4, -0.2) is 27.9 Å². The van der Waals surface area contributed by atoms with E-state index in [-0.39, 0.29) is 35.2 Å². The molecule has 2 aromatic heterocycles.